The van der Waals surface area contributed by atoms with Crippen LogP contribution in [0.3, 0.4) is 0 Å². The molecule has 2 fully saturated rings. The Morgan fingerprint density at radius 3 is 1.22 bits per heavy atom. The molecule has 2 aromatic rings. The molecule has 2 aliphatic heterocycles. The molecule has 46 heavy (non-hydrogen) atoms. The van der Waals surface area contributed by atoms with Crippen LogP contribution < -0.4 is 10.6 Å². The van der Waals surface area contributed by atoms with E-state index in [1.165, 1.54) is 0 Å². The topological polar surface area (TPSA) is 64.7 Å². The lowest BCUT2D eigenvalue weighted by atomic mass is 9.68. The third-order valence-corrected chi connectivity index (χ3v) is 12.6. The van der Waals surface area contributed by atoms with E-state index in [1.54, 1.807) is 0 Å². The van der Waals surface area contributed by atoms with Gasteiger partial charge < -0.3 is 20.4 Å². The second kappa shape index (κ2) is 14.2. The van der Waals surface area contributed by atoms with Crippen LogP contribution in [0.2, 0.25) is 0 Å². The zero-order valence-electron chi connectivity index (χ0n) is 30.5. The molecule has 0 radical (unpaired) electrons. The van der Waals surface area contributed by atoms with Gasteiger partial charge in [0.1, 0.15) is 0 Å². The molecule has 6 nitrogen and oxygen atoms in total. The lowest BCUT2D eigenvalue weighted by molar-refractivity contribution is -0.0149. The number of piperidine rings is 2. The molecule has 254 valence electrons. The SMILES string of the molecule is CCC1(C)CC(N(CCN(C(=O)c2ccccc2)C2CC(C)(CC)NC(C)(CC)C2C)C(=O)c2ccccc2)C(C)C(C)(CC)N1. The standard InChI is InChI=1S/C40H62N4O2/c1-11-37(7)27-33(29(5)39(9,13-3)41-37)43(35(45)31-21-17-15-18-22-31)25-26-44(36(46)32-23-19-16-20-24-32)34-28-38(8,12-2)42-40(10,14-4)30(34)6/h15-24,29-30,33-34,41-42H,11-14,25-28H2,1-10H3. The van der Waals surface area contributed by atoms with Crippen LogP contribution in [0.5, 0.6) is 0 Å². The van der Waals surface area contributed by atoms with E-state index in [0.29, 0.717) is 24.2 Å². The highest BCUT2D eigenvalue weighted by Crippen LogP contribution is 2.42. The van der Waals surface area contributed by atoms with E-state index in [1.807, 2.05) is 60.7 Å². The molecule has 2 aliphatic rings. The first-order valence-electron chi connectivity index (χ1n) is 18.0. The Kier molecular flexibility index (Phi) is 11.2. The van der Waals surface area contributed by atoms with E-state index in [-0.39, 0.29) is 57.9 Å². The maximum Gasteiger partial charge on any atom is 0.254 e. The number of benzene rings is 2. The summed E-state index contributed by atoms with van der Waals surface area (Å²) in [6.07, 6.45) is 5.66. The summed E-state index contributed by atoms with van der Waals surface area (Å²) in [6, 6.07) is 19.5. The fourth-order valence-electron chi connectivity index (χ4n) is 8.43. The molecule has 2 aromatic carbocycles. The van der Waals surface area contributed by atoms with Crippen LogP contribution in [0.25, 0.3) is 0 Å². The van der Waals surface area contributed by atoms with Gasteiger partial charge in [0.05, 0.1) is 0 Å². The molecule has 2 N–H and O–H groups in total. The van der Waals surface area contributed by atoms with Crippen LogP contribution in [0, 0.1) is 11.8 Å². The molecule has 0 spiro atoms. The van der Waals surface area contributed by atoms with Gasteiger partial charge in [0.25, 0.3) is 11.8 Å². The largest absolute Gasteiger partial charge is 0.333 e. The smallest absolute Gasteiger partial charge is 0.254 e. The predicted octanol–water partition coefficient (Wildman–Crippen LogP) is 7.94. The Labute approximate surface area is 280 Å². The van der Waals surface area contributed by atoms with Gasteiger partial charge in [0.2, 0.25) is 0 Å². The Hall–Kier alpha value is -2.70. The first-order chi connectivity index (χ1) is 21.7. The first-order valence-corrected chi connectivity index (χ1v) is 18.0. The van der Waals surface area contributed by atoms with Crippen molar-refractivity contribution in [3.8, 4) is 0 Å². The van der Waals surface area contributed by atoms with Crippen LogP contribution in [-0.2, 0) is 0 Å². The van der Waals surface area contributed by atoms with Gasteiger partial charge in [-0.1, -0.05) is 77.9 Å². The summed E-state index contributed by atoms with van der Waals surface area (Å²) < 4.78 is 0. The minimum atomic E-state index is -0.113. The molecule has 0 aromatic heterocycles. The average Bonchev–Trinajstić information content (AvgIpc) is 3.07. The second-order valence-electron chi connectivity index (χ2n) is 15.5. The van der Waals surface area contributed by atoms with Crippen molar-refractivity contribution in [1.29, 1.82) is 0 Å². The summed E-state index contributed by atoms with van der Waals surface area (Å²) in [5, 5.41) is 8.00. The summed E-state index contributed by atoms with van der Waals surface area (Å²) >= 11 is 0. The highest BCUT2D eigenvalue weighted by Gasteiger charge is 2.51. The summed E-state index contributed by atoms with van der Waals surface area (Å²) in [5.41, 5.74) is 1.00. The van der Waals surface area contributed by atoms with E-state index in [2.05, 4.69) is 89.7 Å². The molecule has 6 heteroatoms. The molecule has 0 aliphatic carbocycles. The van der Waals surface area contributed by atoms with Crippen molar-refractivity contribution in [2.75, 3.05) is 13.1 Å². The maximum absolute atomic E-state index is 14.6. The molecule has 0 bridgehead atoms. The Morgan fingerprint density at radius 1 is 0.609 bits per heavy atom. The number of carbonyl (C=O) groups is 2. The average molecular weight is 631 g/mol. The molecule has 8 atom stereocenters. The summed E-state index contributed by atoms with van der Waals surface area (Å²) in [5.74, 6) is 0.567. The number of hydrogen-bond acceptors (Lipinski definition) is 4. The molecular formula is C40H62N4O2. The third-order valence-electron chi connectivity index (χ3n) is 12.6. The third kappa shape index (κ3) is 7.23. The van der Waals surface area contributed by atoms with E-state index in [4.69, 9.17) is 0 Å². The van der Waals surface area contributed by atoms with Crippen LogP contribution in [-0.4, -0.2) is 68.9 Å². The molecule has 4 rings (SSSR count). The van der Waals surface area contributed by atoms with Gasteiger partial charge in [-0.3, -0.25) is 9.59 Å². The number of rotatable bonds is 11. The fraction of sp³-hybridized carbons (Fsp3) is 0.650. The minimum absolute atomic E-state index is 0.0322. The van der Waals surface area contributed by atoms with Gasteiger partial charge in [-0.15, -0.1) is 0 Å². The zero-order chi connectivity index (χ0) is 33.9. The minimum Gasteiger partial charge on any atom is -0.333 e. The van der Waals surface area contributed by atoms with Gasteiger partial charge >= 0.3 is 0 Å². The molecule has 2 heterocycles. The quantitative estimate of drug-likeness (QED) is 0.265. The second-order valence-corrected chi connectivity index (χ2v) is 15.5. The van der Waals surface area contributed by atoms with Gasteiger partial charge in [0, 0.05) is 58.5 Å². The number of nitrogens with zero attached hydrogens (tertiary/aromatic N) is 2. The van der Waals surface area contributed by atoms with Gasteiger partial charge in [-0.2, -0.15) is 0 Å². The Bertz CT molecular complexity index is 1220. The van der Waals surface area contributed by atoms with E-state index >= 15 is 0 Å². The molecule has 2 saturated heterocycles. The predicted molar refractivity (Wildman–Crippen MR) is 191 cm³/mol. The van der Waals surface area contributed by atoms with E-state index in [0.717, 1.165) is 38.5 Å². The van der Waals surface area contributed by atoms with Crippen molar-refractivity contribution in [2.24, 2.45) is 11.8 Å². The molecule has 2 amide bonds. The Balaban J connectivity index is 1.79. The lowest BCUT2D eigenvalue weighted by Gasteiger charge is -2.57. The lowest BCUT2D eigenvalue weighted by Crippen LogP contribution is -2.70. The number of amides is 2. The van der Waals surface area contributed by atoms with Crippen molar-refractivity contribution in [3.05, 3.63) is 71.8 Å². The van der Waals surface area contributed by atoms with Crippen LogP contribution in [0.4, 0.5) is 0 Å². The highest BCUT2D eigenvalue weighted by atomic mass is 16.2. The van der Waals surface area contributed by atoms with Crippen molar-refractivity contribution in [2.45, 2.75) is 142 Å². The van der Waals surface area contributed by atoms with Crippen LogP contribution in [0.1, 0.15) is 128 Å². The number of carbonyl (C=O) groups excluding carboxylic acids is 2. The Morgan fingerprint density at radius 2 is 0.935 bits per heavy atom. The van der Waals surface area contributed by atoms with E-state index < -0.39 is 0 Å². The van der Waals surface area contributed by atoms with Gasteiger partial charge in [-0.05, 0) is 102 Å². The van der Waals surface area contributed by atoms with Crippen LogP contribution in [0.15, 0.2) is 60.7 Å². The highest BCUT2D eigenvalue weighted by molar-refractivity contribution is 5.95. The van der Waals surface area contributed by atoms with Crippen LogP contribution >= 0.6 is 0 Å². The summed E-state index contributed by atoms with van der Waals surface area (Å²) in [7, 11) is 0. The van der Waals surface area contributed by atoms with Crippen molar-refractivity contribution >= 4 is 11.8 Å². The van der Waals surface area contributed by atoms with Gasteiger partial charge in [0.15, 0.2) is 0 Å². The monoisotopic (exact) mass is 630 g/mol. The summed E-state index contributed by atoms with van der Waals surface area (Å²) in [4.78, 5) is 33.4. The number of nitrogens with one attached hydrogen (secondary N) is 2. The fourth-order valence-corrected chi connectivity index (χ4v) is 8.43. The van der Waals surface area contributed by atoms with E-state index in [9.17, 15) is 9.59 Å². The summed E-state index contributed by atoms with van der Waals surface area (Å²) in [6.45, 7) is 23.8. The normalized spacial score (nSPS) is 34.6. The van der Waals surface area contributed by atoms with Gasteiger partial charge in [-0.25, -0.2) is 0 Å². The molecule has 8 unspecified atom stereocenters. The zero-order valence-corrected chi connectivity index (χ0v) is 30.5. The van der Waals surface area contributed by atoms with Crippen molar-refractivity contribution < 1.29 is 9.59 Å². The first kappa shape index (κ1) is 36.1. The van der Waals surface area contributed by atoms with Crippen molar-refractivity contribution in [1.82, 2.24) is 20.4 Å². The molecule has 0 saturated carbocycles. The maximum atomic E-state index is 14.6. The number of hydrogen-bond donors (Lipinski definition) is 2. The van der Waals surface area contributed by atoms with Crippen molar-refractivity contribution in [3.63, 3.8) is 0 Å². The molecular weight excluding hydrogens is 568 g/mol.